The van der Waals surface area contributed by atoms with Crippen molar-refractivity contribution >= 4 is 17.6 Å². The van der Waals surface area contributed by atoms with E-state index in [1.165, 1.54) is 0 Å². The quantitative estimate of drug-likeness (QED) is 0.740. The highest BCUT2D eigenvalue weighted by Crippen LogP contribution is 2.26. The van der Waals surface area contributed by atoms with Crippen LogP contribution >= 0.6 is 0 Å². The van der Waals surface area contributed by atoms with Crippen LogP contribution in [0.1, 0.15) is 25.8 Å². The van der Waals surface area contributed by atoms with E-state index in [0.717, 1.165) is 12.0 Å². The maximum atomic E-state index is 11.6. The molecule has 1 aromatic rings. The SMILES string of the molecule is CCCOc1cc(C)ccc1N[C@H](C)C(=O)NC(N)=O. The van der Waals surface area contributed by atoms with Crippen molar-refractivity contribution in [3.63, 3.8) is 0 Å². The van der Waals surface area contributed by atoms with E-state index in [9.17, 15) is 9.59 Å². The number of urea groups is 1. The smallest absolute Gasteiger partial charge is 0.318 e. The van der Waals surface area contributed by atoms with Gasteiger partial charge >= 0.3 is 6.03 Å². The summed E-state index contributed by atoms with van der Waals surface area (Å²) >= 11 is 0. The number of ether oxygens (including phenoxy) is 1. The Labute approximate surface area is 118 Å². The lowest BCUT2D eigenvalue weighted by Crippen LogP contribution is -2.43. The lowest BCUT2D eigenvalue weighted by Gasteiger charge is -2.17. The second-order valence-electron chi connectivity index (χ2n) is 4.57. The minimum absolute atomic E-state index is 0.487. The summed E-state index contributed by atoms with van der Waals surface area (Å²) in [5.74, 6) is 0.199. The summed E-state index contributed by atoms with van der Waals surface area (Å²) in [7, 11) is 0. The maximum absolute atomic E-state index is 11.6. The number of rotatable bonds is 6. The molecule has 0 aliphatic carbocycles. The minimum Gasteiger partial charge on any atom is -0.491 e. The highest BCUT2D eigenvalue weighted by atomic mass is 16.5. The van der Waals surface area contributed by atoms with E-state index < -0.39 is 18.0 Å². The predicted octanol–water partition coefficient (Wildman–Crippen LogP) is 1.78. The Balaban J connectivity index is 2.79. The van der Waals surface area contributed by atoms with E-state index in [0.29, 0.717) is 18.0 Å². The van der Waals surface area contributed by atoms with Crippen LogP contribution in [0.2, 0.25) is 0 Å². The number of imide groups is 1. The van der Waals surface area contributed by atoms with Gasteiger partial charge in [0.05, 0.1) is 12.3 Å². The molecule has 0 saturated heterocycles. The van der Waals surface area contributed by atoms with Crippen LogP contribution in [0.25, 0.3) is 0 Å². The molecule has 0 aromatic heterocycles. The van der Waals surface area contributed by atoms with Crippen LogP contribution in [0.5, 0.6) is 5.75 Å². The number of hydrogen-bond donors (Lipinski definition) is 3. The van der Waals surface area contributed by atoms with E-state index >= 15 is 0 Å². The van der Waals surface area contributed by atoms with Gasteiger partial charge in [-0.1, -0.05) is 13.0 Å². The van der Waals surface area contributed by atoms with E-state index in [-0.39, 0.29) is 0 Å². The van der Waals surface area contributed by atoms with Crippen molar-refractivity contribution in [1.82, 2.24) is 5.32 Å². The number of nitrogens with one attached hydrogen (secondary N) is 2. The Kier molecular flexibility index (Phi) is 5.83. The van der Waals surface area contributed by atoms with Crippen molar-refractivity contribution < 1.29 is 14.3 Å². The van der Waals surface area contributed by atoms with Gasteiger partial charge in [0, 0.05) is 0 Å². The molecular weight excluding hydrogens is 258 g/mol. The normalized spacial score (nSPS) is 11.6. The molecule has 0 aliphatic rings. The molecule has 0 aliphatic heterocycles. The highest BCUT2D eigenvalue weighted by Gasteiger charge is 2.16. The fourth-order valence-electron chi connectivity index (χ4n) is 1.61. The number of carbonyl (C=O) groups excluding carboxylic acids is 2. The zero-order valence-corrected chi connectivity index (χ0v) is 12.0. The van der Waals surface area contributed by atoms with Gasteiger partial charge in [-0.15, -0.1) is 0 Å². The summed E-state index contributed by atoms with van der Waals surface area (Å²) in [5.41, 5.74) is 6.69. The van der Waals surface area contributed by atoms with Crippen LogP contribution < -0.4 is 21.1 Å². The van der Waals surface area contributed by atoms with Crippen molar-refractivity contribution in [2.75, 3.05) is 11.9 Å². The summed E-state index contributed by atoms with van der Waals surface area (Å²) < 4.78 is 5.64. The number of nitrogens with two attached hydrogens (primary N) is 1. The van der Waals surface area contributed by atoms with Gasteiger partial charge in [0.15, 0.2) is 0 Å². The van der Waals surface area contributed by atoms with Gasteiger partial charge in [0.25, 0.3) is 0 Å². The molecule has 110 valence electrons. The van der Waals surface area contributed by atoms with Gasteiger partial charge in [0.2, 0.25) is 5.91 Å². The average Bonchev–Trinajstić information content (AvgIpc) is 2.38. The van der Waals surface area contributed by atoms with Crippen LogP contribution in [0, 0.1) is 6.92 Å². The Morgan fingerprint density at radius 3 is 2.70 bits per heavy atom. The molecule has 1 aromatic carbocycles. The standard InChI is InChI=1S/C14H21N3O3/c1-4-7-20-12-8-9(2)5-6-11(12)16-10(3)13(18)17-14(15)19/h5-6,8,10,16H,4,7H2,1-3H3,(H3,15,17,18,19)/t10-/m1/s1. The van der Waals surface area contributed by atoms with Gasteiger partial charge in [-0.25, -0.2) is 4.79 Å². The van der Waals surface area contributed by atoms with Crippen LogP contribution in [-0.4, -0.2) is 24.6 Å². The summed E-state index contributed by atoms with van der Waals surface area (Å²) in [4.78, 5) is 22.3. The highest BCUT2D eigenvalue weighted by molar-refractivity contribution is 5.97. The van der Waals surface area contributed by atoms with E-state index in [1.54, 1.807) is 6.92 Å². The zero-order valence-electron chi connectivity index (χ0n) is 12.0. The Bertz CT molecular complexity index is 489. The molecule has 0 unspecified atom stereocenters. The van der Waals surface area contributed by atoms with Crippen molar-refractivity contribution in [1.29, 1.82) is 0 Å². The summed E-state index contributed by atoms with van der Waals surface area (Å²) in [5, 5.41) is 5.04. The molecule has 0 saturated carbocycles. The molecule has 6 nitrogen and oxygen atoms in total. The number of aryl methyl sites for hydroxylation is 1. The molecule has 0 fully saturated rings. The fraction of sp³-hybridized carbons (Fsp3) is 0.429. The fourth-order valence-corrected chi connectivity index (χ4v) is 1.61. The van der Waals surface area contributed by atoms with E-state index in [4.69, 9.17) is 10.5 Å². The lowest BCUT2D eigenvalue weighted by molar-refractivity contribution is -0.120. The molecule has 0 radical (unpaired) electrons. The first-order chi connectivity index (χ1) is 9.43. The Hall–Kier alpha value is -2.24. The second kappa shape index (κ2) is 7.37. The topological polar surface area (TPSA) is 93.4 Å². The first-order valence-electron chi connectivity index (χ1n) is 6.54. The summed E-state index contributed by atoms with van der Waals surface area (Å²) in [6, 6.07) is 4.19. The van der Waals surface area contributed by atoms with Crippen LogP contribution in [0.4, 0.5) is 10.5 Å². The number of benzene rings is 1. The molecule has 0 bridgehead atoms. The molecule has 1 rings (SSSR count). The molecule has 0 spiro atoms. The van der Waals surface area contributed by atoms with Crippen molar-refractivity contribution in [2.45, 2.75) is 33.2 Å². The van der Waals surface area contributed by atoms with Crippen molar-refractivity contribution in [3.05, 3.63) is 23.8 Å². The van der Waals surface area contributed by atoms with Gasteiger partial charge < -0.3 is 15.8 Å². The van der Waals surface area contributed by atoms with Crippen molar-refractivity contribution in [3.8, 4) is 5.75 Å². The summed E-state index contributed by atoms with van der Waals surface area (Å²) in [6.07, 6.45) is 0.894. The minimum atomic E-state index is -0.866. The number of anilines is 1. The third kappa shape index (κ3) is 4.79. The van der Waals surface area contributed by atoms with Crippen molar-refractivity contribution in [2.24, 2.45) is 5.73 Å². The number of primary amides is 1. The second-order valence-corrected chi connectivity index (χ2v) is 4.57. The molecule has 4 N–H and O–H groups in total. The molecule has 1 atom stereocenters. The Morgan fingerprint density at radius 2 is 2.10 bits per heavy atom. The lowest BCUT2D eigenvalue weighted by atomic mass is 10.2. The Morgan fingerprint density at radius 1 is 1.40 bits per heavy atom. The largest absolute Gasteiger partial charge is 0.491 e. The van der Waals surface area contributed by atoms with E-state index in [2.05, 4.69) is 5.32 Å². The number of carbonyl (C=O) groups is 2. The monoisotopic (exact) mass is 279 g/mol. The third-order valence-corrected chi connectivity index (χ3v) is 2.61. The van der Waals surface area contributed by atoms with Crippen LogP contribution in [0.3, 0.4) is 0 Å². The first kappa shape index (κ1) is 15.8. The number of hydrogen-bond acceptors (Lipinski definition) is 4. The molecule has 0 heterocycles. The predicted molar refractivity (Wildman–Crippen MR) is 77.8 cm³/mol. The molecule has 3 amide bonds. The van der Waals surface area contributed by atoms with Gasteiger partial charge in [-0.05, 0) is 38.0 Å². The maximum Gasteiger partial charge on any atom is 0.318 e. The van der Waals surface area contributed by atoms with Gasteiger partial charge in [-0.3, -0.25) is 10.1 Å². The zero-order chi connectivity index (χ0) is 15.1. The average molecular weight is 279 g/mol. The molecule has 6 heteroatoms. The van der Waals surface area contributed by atoms with Gasteiger partial charge in [-0.2, -0.15) is 0 Å². The first-order valence-corrected chi connectivity index (χ1v) is 6.54. The van der Waals surface area contributed by atoms with Crippen LogP contribution in [-0.2, 0) is 4.79 Å². The van der Waals surface area contributed by atoms with E-state index in [1.807, 2.05) is 37.4 Å². The molecule has 20 heavy (non-hydrogen) atoms. The number of amides is 3. The third-order valence-electron chi connectivity index (χ3n) is 2.61. The van der Waals surface area contributed by atoms with Crippen LogP contribution in [0.15, 0.2) is 18.2 Å². The summed E-state index contributed by atoms with van der Waals surface area (Å²) in [6.45, 7) is 6.22. The molecular formula is C14H21N3O3. The van der Waals surface area contributed by atoms with Gasteiger partial charge in [0.1, 0.15) is 11.8 Å².